The Morgan fingerprint density at radius 2 is 1.95 bits per heavy atom. The number of para-hydroxylation sites is 1. The van der Waals surface area contributed by atoms with Gasteiger partial charge in [0.15, 0.2) is 0 Å². The number of benzene rings is 1. The third-order valence-electron chi connectivity index (χ3n) is 2.64. The zero-order valence-electron chi connectivity index (χ0n) is 10.8. The largest absolute Gasteiger partial charge is 0.437 e. The van der Waals surface area contributed by atoms with Gasteiger partial charge < -0.3 is 10.5 Å². The Balaban J connectivity index is 2.24. The first-order valence-electron chi connectivity index (χ1n) is 5.96. The fourth-order valence-electron chi connectivity index (χ4n) is 1.66. The molecule has 0 unspecified atom stereocenters. The number of hydrogen-bond donors (Lipinski definition) is 1. The van der Waals surface area contributed by atoms with Gasteiger partial charge in [0.2, 0.25) is 5.88 Å². The van der Waals surface area contributed by atoms with Gasteiger partial charge >= 0.3 is 0 Å². The van der Waals surface area contributed by atoms with Gasteiger partial charge in [0.1, 0.15) is 16.4 Å². The van der Waals surface area contributed by atoms with Crippen molar-refractivity contribution in [2.24, 2.45) is 5.73 Å². The summed E-state index contributed by atoms with van der Waals surface area (Å²) >= 11 is 4.82. The maximum Gasteiger partial charge on any atom is 0.237 e. The van der Waals surface area contributed by atoms with Crippen molar-refractivity contribution in [1.29, 1.82) is 0 Å². The van der Waals surface area contributed by atoms with E-state index in [1.165, 1.54) is 12.4 Å². The van der Waals surface area contributed by atoms with E-state index in [2.05, 4.69) is 23.8 Å². The van der Waals surface area contributed by atoms with Crippen molar-refractivity contribution in [3.05, 3.63) is 47.9 Å². The maximum atomic E-state index is 5.75. The predicted molar refractivity (Wildman–Crippen MR) is 78.5 cm³/mol. The molecule has 0 radical (unpaired) electrons. The quantitative estimate of drug-likeness (QED) is 0.868. The molecule has 0 aliphatic rings. The molecule has 1 heterocycles. The van der Waals surface area contributed by atoms with Gasteiger partial charge in [-0.05, 0) is 17.5 Å². The topological polar surface area (TPSA) is 61.0 Å². The van der Waals surface area contributed by atoms with Crippen molar-refractivity contribution >= 4 is 17.2 Å². The number of nitrogens with zero attached hydrogens (tertiary/aromatic N) is 2. The van der Waals surface area contributed by atoms with Gasteiger partial charge in [-0.1, -0.05) is 44.3 Å². The third kappa shape index (κ3) is 3.26. The van der Waals surface area contributed by atoms with Gasteiger partial charge in [-0.25, -0.2) is 9.97 Å². The lowest BCUT2D eigenvalue weighted by molar-refractivity contribution is 0.451. The molecule has 0 amide bonds. The molecule has 98 valence electrons. The van der Waals surface area contributed by atoms with Crippen molar-refractivity contribution in [2.75, 3.05) is 0 Å². The number of aromatic nitrogens is 2. The molecule has 5 heteroatoms. The molecule has 0 fully saturated rings. The zero-order chi connectivity index (χ0) is 13.8. The molecule has 0 atom stereocenters. The van der Waals surface area contributed by atoms with E-state index >= 15 is 0 Å². The Kier molecular flexibility index (Phi) is 4.06. The fourth-order valence-corrected chi connectivity index (χ4v) is 1.76. The molecule has 1 aromatic heterocycles. The normalized spacial score (nSPS) is 10.5. The molecular weight excluding hydrogens is 258 g/mol. The molecule has 0 aliphatic carbocycles. The van der Waals surface area contributed by atoms with E-state index < -0.39 is 0 Å². The van der Waals surface area contributed by atoms with Crippen LogP contribution in [0.4, 0.5) is 0 Å². The molecule has 0 bridgehead atoms. The molecular formula is C14H15N3OS. The zero-order valence-corrected chi connectivity index (χ0v) is 11.6. The molecule has 4 nitrogen and oxygen atoms in total. The second kappa shape index (κ2) is 5.75. The molecule has 1 aromatic carbocycles. The first-order valence-corrected chi connectivity index (χ1v) is 6.37. The van der Waals surface area contributed by atoms with Gasteiger partial charge in [-0.15, -0.1) is 0 Å². The summed E-state index contributed by atoms with van der Waals surface area (Å²) in [4.78, 5) is 8.46. The standard InChI is InChI=1S/C14H15N3OS/c1-9(2)10-5-3-4-6-12(10)18-13-8-16-11(7-17-13)14(15)19/h3-9H,1-2H3,(H2,15,19). The molecule has 2 rings (SSSR count). The van der Waals surface area contributed by atoms with Crippen LogP contribution in [0.2, 0.25) is 0 Å². The highest BCUT2D eigenvalue weighted by atomic mass is 32.1. The maximum absolute atomic E-state index is 5.75. The van der Waals surface area contributed by atoms with Crippen molar-refractivity contribution < 1.29 is 4.74 Å². The summed E-state index contributed by atoms with van der Waals surface area (Å²) in [6.07, 6.45) is 3.03. The lowest BCUT2D eigenvalue weighted by atomic mass is 10.0. The number of ether oxygens (including phenoxy) is 1. The van der Waals surface area contributed by atoms with Crippen molar-refractivity contribution in [2.45, 2.75) is 19.8 Å². The summed E-state index contributed by atoms with van der Waals surface area (Å²) in [6.45, 7) is 4.23. The highest BCUT2D eigenvalue weighted by Crippen LogP contribution is 2.28. The highest BCUT2D eigenvalue weighted by Gasteiger charge is 2.09. The van der Waals surface area contributed by atoms with Gasteiger partial charge in [0.25, 0.3) is 0 Å². The van der Waals surface area contributed by atoms with E-state index in [9.17, 15) is 0 Å². The van der Waals surface area contributed by atoms with Crippen molar-refractivity contribution in [3.8, 4) is 11.6 Å². The fraction of sp³-hybridized carbons (Fsp3) is 0.214. The van der Waals surface area contributed by atoms with Crippen LogP contribution in [0.25, 0.3) is 0 Å². The van der Waals surface area contributed by atoms with Gasteiger partial charge in [0.05, 0.1) is 12.4 Å². The second-order valence-electron chi connectivity index (χ2n) is 4.40. The Labute approximate surface area is 117 Å². The van der Waals surface area contributed by atoms with E-state index in [1.807, 2.05) is 24.3 Å². The van der Waals surface area contributed by atoms with Crippen LogP contribution >= 0.6 is 12.2 Å². The van der Waals surface area contributed by atoms with E-state index in [0.717, 1.165) is 11.3 Å². The predicted octanol–water partition coefficient (Wildman–Crippen LogP) is 3.03. The van der Waals surface area contributed by atoms with Crippen molar-refractivity contribution in [1.82, 2.24) is 9.97 Å². The van der Waals surface area contributed by atoms with E-state index in [0.29, 0.717) is 17.5 Å². The summed E-state index contributed by atoms with van der Waals surface area (Å²) in [7, 11) is 0. The monoisotopic (exact) mass is 273 g/mol. The summed E-state index contributed by atoms with van der Waals surface area (Å²) in [5, 5.41) is 0. The Morgan fingerprint density at radius 3 is 2.53 bits per heavy atom. The van der Waals surface area contributed by atoms with Crippen LogP contribution in [0.5, 0.6) is 11.6 Å². The minimum Gasteiger partial charge on any atom is -0.437 e. The average molecular weight is 273 g/mol. The molecule has 2 N–H and O–H groups in total. The molecule has 0 saturated carbocycles. The third-order valence-corrected chi connectivity index (χ3v) is 2.85. The Bertz CT molecular complexity index is 581. The van der Waals surface area contributed by atoms with Crippen LogP contribution < -0.4 is 10.5 Å². The molecule has 0 spiro atoms. The smallest absolute Gasteiger partial charge is 0.237 e. The van der Waals surface area contributed by atoms with E-state index in [-0.39, 0.29) is 4.99 Å². The number of hydrogen-bond acceptors (Lipinski definition) is 4. The molecule has 0 aliphatic heterocycles. The molecule has 2 aromatic rings. The minimum atomic E-state index is 0.224. The summed E-state index contributed by atoms with van der Waals surface area (Å²) in [5.41, 5.74) is 7.08. The Hall–Kier alpha value is -2.01. The van der Waals surface area contributed by atoms with Crippen LogP contribution in [0, 0.1) is 0 Å². The lowest BCUT2D eigenvalue weighted by Crippen LogP contribution is -2.11. The number of rotatable bonds is 4. The first kappa shape index (κ1) is 13.4. The summed E-state index contributed by atoms with van der Waals surface area (Å²) in [6, 6.07) is 7.87. The minimum absolute atomic E-state index is 0.224. The van der Waals surface area contributed by atoms with Crippen LogP contribution in [0.3, 0.4) is 0 Å². The van der Waals surface area contributed by atoms with Crippen LogP contribution in [0.1, 0.15) is 31.0 Å². The van der Waals surface area contributed by atoms with Crippen LogP contribution in [-0.4, -0.2) is 15.0 Å². The second-order valence-corrected chi connectivity index (χ2v) is 4.84. The first-order chi connectivity index (χ1) is 9.08. The van der Waals surface area contributed by atoms with E-state index in [1.54, 1.807) is 0 Å². The summed E-state index contributed by atoms with van der Waals surface area (Å²) in [5.74, 6) is 1.59. The lowest BCUT2D eigenvalue weighted by Gasteiger charge is -2.12. The summed E-state index contributed by atoms with van der Waals surface area (Å²) < 4.78 is 5.75. The number of nitrogens with two attached hydrogens (primary N) is 1. The number of thiocarbonyl (C=S) groups is 1. The molecule has 19 heavy (non-hydrogen) atoms. The highest BCUT2D eigenvalue weighted by molar-refractivity contribution is 7.80. The van der Waals surface area contributed by atoms with Gasteiger partial charge in [0, 0.05) is 0 Å². The average Bonchev–Trinajstić information content (AvgIpc) is 2.39. The van der Waals surface area contributed by atoms with Gasteiger partial charge in [-0.2, -0.15) is 0 Å². The Morgan fingerprint density at radius 1 is 1.21 bits per heavy atom. The van der Waals surface area contributed by atoms with Crippen LogP contribution in [-0.2, 0) is 0 Å². The van der Waals surface area contributed by atoms with Gasteiger partial charge in [-0.3, -0.25) is 0 Å². The molecule has 0 saturated heterocycles. The van der Waals surface area contributed by atoms with Crippen molar-refractivity contribution in [3.63, 3.8) is 0 Å². The van der Waals surface area contributed by atoms with E-state index in [4.69, 9.17) is 22.7 Å². The van der Waals surface area contributed by atoms with Crippen LogP contribution in [0.15, 0.2) is 36.7 Å². The SMILES string of the molecule is CC(C)c1ccccc1Oc1cnc(C(N)=S)cn1.